The fourth-order valence-corrected chi connectivity index (χ4v) is 1.74. The lowest BCUT2D eigenvalue weighted by Gasteiger charge is -2.10. The lowest BCUT2D eigenvalue weighted by molar-refractivity contribution is 0.189. The zero-order chi connectivity index (χ0) is 10.8. The predicted molar refractivity (Wildman–Crippen MR) is 59.2 cm³/mol. The van der Waals surface area contributed by atoms with Crippen LogP contribution in [0.3, 0.4) is 0 Å². The van der Waals surface area contributed by atoms with Crippen LogP contribution in [0.1, 0.15) is 17.4 Å². The fraction of sp³-hybridized carbons (Fsp3) is 0.0909. The Balaban J connectivity index is 2.42. The van der Waals surface area contributed by atoms with Crippen molar-refractivity contribution in [1.82, 2.24) is 0 Å². The van der Waals surface area contributed by atoms with Crippen molar-refractivity contribution >= 4 is 23.2 Å². The van der Waals surface area contributed by atoms with Crippen molar-refractivity contribution in [2.45, 2.75) is 6.10 Å². The van der Waals surface area contributed by atoms with Gasteiger partial charge in [-0.05, 0) is 18.2 Å². The van der Waals surface area contributed by atoms with E-state index in [-0.39, 0.29) is 0 Å². The zero-order valence-electron chi connectivity index (χ0n) is 7.65. The molecule has 0 aliphatic rings. The highest BCUT2D eigenvalue weighted by atomic mass is 35.5. The summed E-state index contributed by atoms with van der Waals surface area (Å²) in [5.41, 5.74) is 0.541. The largest absolute Gasteiger partial charge is 0.466 e. The maximum atomic E-state index is 9.95. The Morgan fingerprint density at radius 1 is 1.13 bits per heavy atom. The first-order valence-corrected chi connectivity index (χ1v) is 5.11. The predicted octanol–water partition coefficient (Wildman–Crippen LogP) is 3.67. The zero-order valence-corrected chi connectivity index (χ0v) is 9.16. The van der Waals surface area contributed by atoms with E-state index in [9.17, 15) is 5.11 Å². The number of furan rings is 1. The first-order chi connectivity index (χ1) is 7.20. The number of benzene rings is 1. The monoisotopic (exact) mass is 242 g/mol. The Morgan fingerprint density at radius 2 is 1.93 bits per heavy atom. The molecule has 0 amide bonds. The second kappa shape index (κ2) is 4.27. The van der Waals surface area contributed by atoms with E-state index >= 15 is 0 Å². The fourth-order valence-electron chi connectivity index (χ4n) is 1.33. The third-order valence-electron chi connectivity index (χ3n) is 2.09. The molecule has 0 fully saturated rings. The van der Waals surface area contributed by atoms with Gasteiger partial charge in [0.15, 0.2) is 0 Å². The number of hydrogen-bond donors (Lipinski definition) is 1. The van der Waals surface area contributed by atoms with Crippen LogP contribution in [0.2, 0.25) is 10.0 Å². The smallest absolute Gasteiger partial charge is 0.138 e. The first kappa shape index (κ1) is 10.6. The molecule has 1 heterocycles. The minimum Gasteiger partial charge on any atom is -0.466 e. The van der Waals surface area contributed by atoms with Gasteiger partial charge < -0.3 is 9.52 Å². The lowest BCUT2D eigenvalue weighted by Crippen LogP contribution is -1.98. The number of halogens is 2. The molecule has 0 radical (unpaired) electrons. The summed E-state index contributed by atoms with van der Waals surface area (Å²) in [4.78, 5) is 0. The summed E-state index contributed by atoms with van der Waals surface area (Å²) in [6.45, 7) is 0. The Labute approximate surface area is 97.0 Å². The molecule has 0 spiro atoms. The molecule has 2 rings (SSSR count). The maximum absolute atomic E-state index is 9.95. The summed E-state index contributed by atoms with van der Waals surface area (Å²) in [7, 11) is 0. The van der Waals surface area contributed by atoms with Crippen LogP contribution in [0.4, 0.5) is 0 Å². The molecular formula is C11H8Cl2O2. The van der Waals surface area contributed by atoms with Gasteiger partial charge in [0.05, 0.1) is 16.3 Å². The third-order valence-corrected chi connectivity index (χ3v) is 2.92. The van der Waals surface area contributed by atoms with Gasteiger partial charge in [-0.1, -0.05) is 35.3 Å². The highest BCUT2D eigenvalue weighted by molar-refractivity contribution is 6.42. The van der Waals surface area contributed by atoms with Crippen LogP contribution < -0.4 is 0 Å². The number of aliphatic hydroxyl groups is 1. The lowest BCUT2D eigenvalue weighted by atomic mass is 10.1. The molecule has 1 atom stereocenters. The Kier molecular flexibility index (Phi) is 3.00. The van der Waals surface area contributed by atoms with Crippen molar-refractivity contribution in [3.63, 3.8) is 0 Å². The van der Waals surface area contributed by atoms with Crippen molar-refractivity contribution in [3.05, 3.63) is 58.0 Å². The molecule has 1 aromatic heterocycles. The minimum absolute atomic E-state index is 0.350. The van der Waals surface area contributed by atoms with E-state index in [4.69, 9.17) is 27.6 Å². The maximum Gasteiger partial charge on any atom is 0.138 e. The van der Waals surface area contributed by atoms with Crippen molar-refractivity contribution in [2.75, 3.05) is 0 Å². The molecule has 1 aromatic carbocycles. The van der Waals surface area contributed by atoms with Crippen molar-refractivity contribution in [1.29, 1.82) is 0 Å². The SMILES string of the molecule is OC(c1ccco1)c1cccc(Cl)c1Cl. The van der Waals surface area contributed by atoms with Gasteiger partial charge >= 0.3 is 0 Å². The molecule has 0 bridgehead atoms. The van der Waals surface area contributed by atoms with Gasteiger partial charge in [0.25, 0.3) is 0 Å². The minimum atomic E-state index is -0.883. The van der Waals surface area contributed by atoms with Crippen LogP contribution in [0.5, 0.6) is 0 Å². The van der Waals surface area contributed by atoms with Gasteiger partial charge in [0.2, 0.25) is 0 Å². The number of hydrogen-bond acceptors (Lipinski definition) is 2. The van der Waals surface area contributed by atoms with Crippen LogP contribution in [-0.4, -0.2) is 5.11 Å². The highest BCUT2D eigenvalue weighted by Crippen LogP contribution is 2.32. The van der Waals surface area contributed by atoms with Crippen molar-refractivity contribution in [2.24, 2.45) is 0 Å². The van der Waals surface area contributed by atoms with E-state index in [1.165, 1.54) is 6.26 Å². The van der Waals surface area contributed by atoms with E-state index in [0.717, 1.165) is 0 Å². The molecule has 0 aliphatic carbocycles. The summed E-state index contributed by atoms with van der Waals surface area (Å²) >= 11 is 11.8. The van der Waals surface area contributed by atoms with E-state index in [1.807, 2.05) is 0 Å². The molecule has 0 saturated heterocycles. The molecule has 78 valence electrons. The standard InChI is InChI=1S/C11H8Cl2O2/c12-8-4-1-3-7(10(8)13)11(14)9-5-2-6-15-9/h1-6,11,14H. The van der Waals surface area contributed by atoms with Gasteiger partial charge in [0, 0.05) is 5.56 Å². The first-order valence-electron chi connectivity index (χ1n) is 4.35. The van der Waals surface area contributed by atoms with Gasteiger partial charge in [-0.3, -0.25) is 0 Å². The number of aliphatic hydroxyl groups excluding tert-OH is 1. The normalized spacial score (nSPS) is 12.7. The number of rotatable bonds is 2. The average Bonchev–Trinajstić information content (AvgIpc) is 2.74. The quantitative estimate of drug-likeness (QED) is 0.872. The molecule has 1 unspecified atom stereocenters. The molecule has 15 heavy (non-hydrogen) atoms. The molecular weight excluding hydrogens is 235 g/mol. The molecule has 0 saturated carbocycles. The molecule has 0 aliphatic heterocycles. The van der Waals surface area contributed by atoms with Crippen molar-refractivity contribution in [3.8, 4) is 0 Å². The third kappa shape index (κ3) is 2.02. The van der Waals surface area contributed by atoms with Crippen LogP contribution in [0.25, 0.3) is 0 Å². The molecule has 2 nitrogen and oxygen atoms in total. The van der Waals surface area contributed by atoms with Gasteiger partial charge in [-0.15, -0.1) is 0 Å². The van der Waals surface area contributed by atoms with E-state index in [0.29, 0.717) is 21.4 Å². The molecule has 1 N–H and O–H groups in total. The summed E-state index contributed by atoms with van der Waals surface area (Å²) in [5.74, 6) is 0.444. The molecule has 2 aromatic rings. The second-order valence-corrected chi connectivity index (χ2v) is 3.85. The Hall–Kier alpha value is -0.960. The highest BCUT2D eigenvalue weighted by Gasteiger charge is 2.17. The van der Waals surface area contributed by atoms with Gasteiger partial charge in [-0.2, -0.15) is 0 Å². The van der Waals surface area contributed by atoms with Crippen LogP contribution >= 0.6 is 23.2 Å². The molecule has 4 heteroatoms. The summed E-state index contributed by atoms with van der Waals surface area (Å²) in [5, 5.41) is 10.7. The average molecular weight is 243 g/mol. The van der Waals surface area contributed by atoms with Gasteiger partial charge in [-0.25, -0.2) is 0 Å². The van der Waals surface area contributed by atoms with E-state index < -0.39 is 6.10 Å². The van der Waals surface area contributed by atoms with Gasteiger partial charge in [0.1, 0.15) is 11.9 Å². The van der Waals surface area contributed by atoms with Crippen LogP contribution in [0, 0.1) is 0 Å². The van der Waals surface area contributed by atoms with Crippen molar-refractivity contribution < 1.29 is 9.52 Å². The summed E-state index contributed by atoms with van der Waals surface area (Å²) in [6.07, 6.45) is 0.614. The Morgan fingerprint density at radius 3 is 2.60 bits per heavy atom. The van der Waals surface area contributed by atoms with Crippen LogP contribution in [0.15, 0.2) is 41.0 Å². The van der Waals surface area contributed by atoms with E-state index in [1.54, 1.807) is 30.3 Å². The van der Waals surface area contributed by atoms with E-state index in [2.05, 4.69) is 0 Å². The topological polar surface area (TPSA) is 33.4 Å². The summed E-state index contributed by atoms with van der Waals surface area (Å²) < 4.78 is 5.09. The van der Waals surface area contributed by atoms with Crippen LogP contribution in [-0.2, 0) is 0 Å². The second-order valence-electron chi connectivity index (χ2n) is 3.06. The Bertz CT molecular complexity index is 452. The summed E-state index contributed by atoms with van der Waals surface area (Å²) in [6, 6.07) is 8.50.